The fourth-order valence-electron chi connectivity index (χ4n) is 2.29. The number of rotatable bonds is 11. The van der Waals surface area contributed by atoms with Crippen molar-refractivity contribution in [3.63, 3.8) is 0 Å². The van der Waals surface area contributed by atoms with E-state index < -0.39 is 12.0 Å². The molecule has 1 heterocycles. The van der Waals surface area contributed by atoms with E-state index in [1.165, 1.54) is 11.5 Å². The molecule has 0 bridgehead atoms. The summed E-state index contributed by atoms with van der Waals surface area (Å²) in [5.41, 5.74) is 0.512. The van der Waals surface area contributed by atoms with Gasteiger partial charge in [0.25, 0.3) is 5.91 Å². The Morgan fingerprint density at radius 1 is 1.26 bits per heavy atom. The molecule has 0 fully saturated rings. The molecule has 0 aliphatic rings. The Morgan fingerprint density at radius 3 is 2.74 bits per heavy atom. The second kappa shape index (κ2) is 11.6. The molecule has 1 aromatic heterocycles. The highest BCUT2D eigenvalue weighted by atomic mass is 32.2. The van der Waals surface area contributed by atoms with Crippen molar-refractivity contribution in [1.82, 2.24) is 14.7 Å². The number of hydrogen-bond acceptors (Lipinski definition) is 8. The molecular weight excluding hydrogens is 384 g/mol. The number of amides is 1. The van der Waals surface area contributed by atoms with Gasteiger partial charge in [0.15, 0.2) is 4.34 Å². The van der Waals surface area contributed by atoms with Gasteiger partial charge in [0, 0.05) is 12.1 Å². The molecular formula is C18H24N4O3S2. The van der Waals surface area contributed by atoms with Crippen LogP contribution in [0.25, 0.3) is 0 Å². The molecule has 27 heavy (non-hydrogen) atoms. The number of anilines is 1. The zero-order valence-corrected chi connectivity index (χ0v) is 17.1. The fourth-order valence-corrected chi connectivity index (χ4v) is 3.76. The van der Waals surface area contributed by atoms with Crippen molar-refractivity contribution in [2.45, 2.75) is 37.1 Å². The van der Waals surface area contributed by atoms with Gasteiger partial charge >= 0.3 is 5.97 Å². The van der Waals surface area contributed by atoms with Gasteiger partial charge in [-0.15, -0.1) is 0 Å². The Hall–Kier alpha value is -2.13. The monoisotopic (exact) mass is 408 g/mol. The van der Waals surface area contributed by atoms with Gasteiger partial charge in [-0.05, 0) is 49.2 Å². The lowest BCUT2D eigenvalue weighted by Gasteiger charge is -2.17. The Bertz CT molecular complexity index is 724. The van der Waals surface area contributed by atoms with E-state index in [9.17, 15) is 9.59 Å². The van der Waals surface area contributed by atoms with Crippen LogP contribution in [0.5, 0.6) is 0 Å². The SMILES string of the molecule is CCOC(=O)C(CCCNc1nsc(SCC)n1)NC(=O)c1ccccc1. The van der Waals surface area contributed by atoms with Crippen LogP contribution in [-0.2, 0) is 9.53 Å². The number of thioether (sulfide) groups is 1. The van der Waals surface area contributed by atoms with Gasteiger partial charge in [0.2, 0.25) is 5.95 Å². The number of hydrogen-bond donors (Lipinski definition) is 2. The predicted molar refractivity (Wildman–Crippen MR) is 108 cm³/mol. The van der Waals surface area contributed by atoms with Gasteiger partial charge < -0.3 is 15.4 Å². The molecule has 1 amide bonds. The van der Waals surface area contributed by atoms with E-state index >= 15 is 0 Å². The quantitative estimate of drug-likeness (QED) is 0.335. The number of aromatic nitrogens is 2. The van der Waals surface area contributed by atoms with Gasteiger partial charge in [0.1, 0.15) is 6.04 Å². The Morgan fingerprint density at radius 2 is 2.04 bits per heavy atom. The third kappa shape index (κ3) is 7.18. The van der Waals surface area contributed by atoms with E-state index in [-0.39, 0.29) is 12.5 Å². The standard InChI is InChI=1S/C18H24N4O3S2/c1-3-25-16(24)14(20-15(23)13-9-6-5-7-10-13)11-8-12-19-17-21-18(26-4-2)27-22-17/h5-7,9-10,14H,3-4,8,11-12H2,1-2H3,(H,19,22)(H,20,23). The van der Waals surface area contributed by atoms with Crippen molar-refractivity contribution in [2.75, 3.05) is 24.2 Å². The van der Waals surface area contributed by atoms with Gasteiger partial charge in [-0.3, -0.25) is 4.79 Å². The van der Waals surface area contributed by atoms with Gasteiger partial charge in [-0.25, -0.2) is 4.79 Å². The first-order valence-corrected chi connectivity index (χ1v) is 10.6. The number of benzene rings is 1. The first-order valence-electron chi connectivity index (χ1n) is 8.87. The van der Waals surface area contributed by atoms with E-state index in [2.05, 4.69) is 26.9 Å². The molecule has 146 valence electrons. The molecule has 0 aliphatic carbocycles. The van der Waals surface area contributed by atoms with E-state index in [0.29, 0.717) is 30.9 Å². The normalized spacial score (nSPS) is 11.6. The predicted octanol–water partition coefficient (Wildman–Crippen LogP) is 3.20. The second-order valence-corrected chi connectivity index (χ2v) is 7.79. The van der Waals surface area contributed by atoms with E-state index in [1.54, 1.807) is 43.0 Å². The number of ether oxygens (including phenoxy) is 1. The summed E-state index contributed by atoms with van der Waals surface area (Å²) < 4.78 is 10.3. The van der Waals surface area contributed by atoms with Crippen LogP contribution in [0, 0.1) is 0 Å². The lowest BCUT2D eigenvalue weighted by molar-refractivity contribution is -0.145. The van der Waals surface area contributed by atoms with Gasteiger partial charge in [-0.1, -0.05) is 36.9 Å². The zero-order chi connectivity index (χ0) is 19.5. The largest absolute Gasteiger partial charge is 0.464 e. The first kappa shape index (κ1) is 21.2. The lowest BCUT2D eigenvalue weighted by atomic mass is 10.1. The lowest BCUT2D eigenvalue weighted by Crippen LogP contribution is -2.42. The molecule has 2 N–H and O–H groups in total. The summed E-state index contributed by atoms with van der Waals surface area (Å²) in [6, 6.07) is 8.13. The first-order chi connectivity index (χ1) is 13.1. The van der Waals surface area contributed by atoms with Crippen LogP contribution in [0.15, 0.2) is 34.7 Å². The molecule has 0 saturated carbocycles. The summed E-state index contributed by atoms with van der Waals surface area (Å²) >= 11 is 3.01. The smallest absolute Gasteiger partial charge is 0.328 e. The summed E-state index contributed by atoms with van der Waals surface area (Å²) in [6.07, 6.45) is 1.12. The Kier molecular flexibility index (Phi) is 9.06. The molecule has 1 aromatic carbocycles. The fraction of sp³-hybridized carbons (Fsp3) is 0.444. The summed E-state index contributed by atoms with van der Waals surface area (Å²) in [7, 11) is 0. The van der Waals surface area contributed by atoms with Crippen molar-refractivity contribution in [1.29, 1.82) is 0 Å². The molecule has 0 saturated heterocycles. The van der Waals surface area contributed by atoms with Crippen molar-refractivity contribution >= 4 is 41.1 Å². The van der Waals surface area contributed by atoms with Gasteiger partial charge in [-0.2, -0.15) is 9.36 Å². The average molecular weight is 409 g/mol. The van der Waals surface area contributed by atoms with E-state index in [1.807, 2.05) is 6.07 Å². The van der Waals surface area contributed by atoms with Crippen LogP contribution in [-0.4, -0.2) is 46.2 Å². The van der Waals surface area contributed by atoms with Crippen molar-refractivity contribution in [3.8, 4) is 0 Å². The van der Waals surface area contributed by atoms with Gasteiger partial charge in [0.05, 0.1) is 6.61 Å². The molecule has 0 aliphatic heterocycles. The van der Waals surface area contributed by atoms with Crippen molar-refractivity contribution < 1.29 is 14.3 Å². The maximum Gasteiger partial charge on any atom is 0.328 e. The minimum Gasteiger partial charge on any atom is -0.464 e. The third-order valence-corrected chi connectivity index (χ3v) is 5.26. The second-order valence-electron chi connectivity index (χ2n) is 5.53. The maximum absolute atomic E-state index is 12.3. The third-order valence-electron chi connectivity index (χ3n) is 3.54. The molecule has 2 aromatic rings. The van der Waals surface area contributed by atoms with E-state index in [4.69, 9.17) is 4.74 Å². The minimum absolute atomic E-state index is 0.273. The average Bonchev–Trinajstić information content (AvgIpc) is 3.12. The maximum atomic E-state index is 12.3. The number of carbonyl (C=O) groups excluding carboxylic acids is 2. The van der Waals surface area contributed by atoms with Crippen LogP contribution in [0.1, 0.15) is 37.0 Å². The van der Waals surface area contributed by atoms with E-state index in [0.717, 1.165) is 10.1 Å². The molecule has 2 rings (SSSR count). The van der Waals surface area contributed by atoms with Crippen LogP contribution < -0.4 is 10.6 Å². The number of nitrogens with zero attached hydrogens (tertiary/aromatic N) is 2. The van der Waals surface area contributed by atoms with Crippen LogP contribution in [0.3, 0.4) is 0 Å². The molecule has 1 unspecified atom stereocenters. The number of esters is 1. The highest BCUT2D eigenvalue weighted by Crippen LogP contribution is 2.21. The summed E-state index contributed by atoms with van der Waals surface area (Å²) in [4.78, 5) is 28.9. The highest BCUT2D eigenvalue weighted by Gasteiger charge is 2.22. The van der Waals surface area contributed by atoms with Crippen LogP contribution >= 0.6 is 23.3 Å². The van der Waals surface area contributed by atoms with Crippen LogP contribution in [0.2, 0.25) is 0 Å². The molecule has 0 spiro atoms. The topological polar surface area (TPSA) is 93.2 Å². The minimum atomic E-state index is -0.686. The number of carbonyl (C=O) groups is 2. The van der Waals surface area contributed by atoms with Crippen molar-refractivity contribution in [2.24, 2.45) is 0 Å². The number of nitrogens with one attached hydrogen (secondary N) is 2. The highest BCUT2D eigenvalue weighted by molar-refractivity contribution is 8.00. The summed E-state index contributed by atoms with van der Waals surface area (Å²) in [5, 5.41) is 5.91. The molecule has 0 radical (unpaired) electrons. The van der Waals surface area contributed by atoms with Crippen molar-refractivity contribution in [3.05, 3.63) is 35.9 Å². The molecule has 1 atom stereocenters. The zero-order valence-electron chi connectivity index (χ0n) is 15.4. The summed E-state index contributed by atoms with van der Waals surface area (Å²) in [6.45, 7) is 4.69. The Labute approximate surface area is 167 Å². The molecule has 7 nitrogen and oxygen atoms in total. The van der Waals surface area contributed by atoms with Crippen LogP contribution in [0.4, 0.5) is 5.95 Å². The summed E-state index contributed by atoms with van der Waals surface area (Å²) in [5.74, 6) is 0.841. The molecule has 9 heteroatoms. The Balaban J connectivity index is 1.84.